The lowest BCUT2D eigenvalue weighted by molar-refractivity contribution is 0.0700. The molecule has 0 saturated carbocycles. The van der Waals surface area contributed by atoms with E-state index in [-0.39, 0.29) is 16.8 Å². The third-order valence-electron chi connectivity index (χ3n) is 2.88. The van der Waals surface area contributed by atoms with Crippen molar-refractivity contribution in [1.82, 2.24) is 9.61 Å². The molecule has 0 aliphatic carbocycles. The Morgan fingerprint density at radius 1 is 1.16 bits per heavy atom. The Morgan fingerprint density at radius 3 is 2.63 bits per heavy atom. The van der Waals surface area contributed by atoms with Crippen molar-refractivity contribution < 1.29 is 14.3 Å². The average Bonchev–Trinajstić information content (AvgIpc) is 2.78. The van der Waals surface area contributed by atoms with E-state index in [0.29, 0.717) is 5.52 Å². The van der Waals surface area contributed by atoms with E-state index in [9.17, 15) is 14.3 Å². The number of halogens is 1. The van der Waals surface area contributed by atoms with Gasteiger partial charge in [-0.2, -0.15) is 5.10 Å². The number of carboxylic acid groups (broad SMARTS) is 1. The first-order valence-electron chi connectivity index (χ1n) is 5.64. The van der Waals surface area contributed by atoms with E-state index in [4.69, 9.17) is 0 Å². The largest absolute Gasteiger partial charge is 0.478 e. The van der Waals surface area contributed by atoms with Crippen molar-refractivity contribution in [3.63, 3.8) is 0 Å². The van der Waals surface area contributed by atoms with Crippen LogP contribution in [0.5, 0.6) is 0 Å². The average molecular weight is 256 g/mol. The molecule has 0 atom stereocenters. The van der Waals surface area contributed by atoms with Gasteiger partial charge in [0.25, 0.3) is 0 Å². The Kier molecular flexibility index (Phi) is 2.52. The number of benzene rings is 1. The minimum absolute atomic E-state index is 0.00528. The molecule has 3 rings (SSSR count). The van der Waals surface area contributed by atoms with Crippen LogP contribution in [-0.2, 0) is 0 Å². The van der Waals surface area contributed by atoms with Gasteiger partial charge >= 0.3 is 5.97 Å². The molecular formula is C14H9FN2O2. The van der Waals surface area contributed by atoms with Gasteiger partial charge in [0, 0.05) is 11.8 Å². The molecule has 0 aliphatic rings. The molecule has 0 saturated heterocycles. The van der Waals surface area contributed by atoms with Gasteiger partial charge in [-0.15, -0.1) is 0 Å². The van der Waals surface area contributed by atoms with Gasteiger partial charge in [0.2, 0.25) is 0 Å². The molecule has 5 heteroatoms. The summed E-state index contributed by atoms with van der Waals surface area (Å²) >= 11 is 0. The number of fused-ring (bicyclic) bond motifs is 1. The molecule has 19 heavy (non-hydrogen) atoms. The first-order chi connectivity index (χ1) is 9.18. The van der Waals surface area contributed by atoms with Crippen LogP contribution in [0.1, 0.15) is 10.4 Å². The van der Waals surface area contributed by atoms with Gasteiger partial charge in [-0.1, -0.05) is 18.2 Å². The molecule has 0 fully saturated rings. The zero-order valence-electron chi connectivity index (χ0n) is 9.75. The minimum Gasteiger partial charge on any atom is -0.478 e. The van der Waals surface area contributed by atoms with Crippen LogP contribution in [0.25, 0.3) is 16.8 Å². The first kappa shape index (κ1) is 11.4. The number of hydrogen-bond acceptors (Lipinski definition) is 2. The Balaban J connectivity index is 2.38. The molecule has 94 valence electrons. The van der Waals surface area contributed by atoms with Gasteiger partial charge < -0.3 is 5.11 Å². The van der Waals surface area contributed by atoms with Crippen LogP contribution in [0, 0.1) is 5.82 Å². The number of carboxylic acids is 1. The normalized spacial score (nSPS) is 10.8. The van der Waals surface area contributed by atoms with Gasteiger partial charge in [-0.05, 0) is 24.3 Å². The number of pyridine rings is 1. The highest BCUT2D eigenvalue weighted by molar-refractivity contribution is 6.02. The van der Waals surface area contributed by atoms with Crippen LogP contribution in [0.4, 0.5) is 4.39 Å². The lowest BCUT2D eigenvalue weighted by Crippen LogP contribution is -1.98. The summed E-state index contributed by atoms with van der Waals surface area (Å²) in [6.45, 7) is 0. The second-order valence-electron chi connectivity index (χ2n) is 4.04. The lowest BCUT2D eigenvalue weighted by atomic mass is 10.1. The molecule has 1 N–H and O–H groups in total. The summed E-state index contributed by atoms with van der Waals surface area (Å²) in [5, 5.41) is 13.5. The molecule has 2 aromatic heterocycles. The lowest BCUT2D eigenvalue weighted by Gasteiger charge is -2.00. The Labute approximate surface area is 107 Å². The first-order valence-corrected chi connectivity index (χ1v) is 5.64. The molecule has 0 unspecified atom stereocenters. The Hall–Kier alpha value is -2.69. The van der Waals surface area contributed by atoms with Crippen LogP contribution in [0.15, 0.2) is 48.7 Å². The van der Waals surface area contributed by atoms with Crippen LogP contribution in [-0.4, -0.2) is 20.7 Å². The van der Waals surface area contributed by atoms with Crippen molar-refractivity contribution in [3.05, 3.63) is 60.0 Å². The quantitative estimate of drug-likeness (QED) is 0.767. The Morgan fingerprint density at radius 2 is 1.89 bits per heavy atom. The maximum Gasteiger partial charge on any atom is 0.340 e. The van der Waals surface area contributed by atoms with E-state index in [1.54, 1.807) is 36.5 Å². The summed E-state index contributed by atoms with van der Waals surface area (Å²) in [7, 11) is 0. The number of hydrogen-bond donors (Lipinski definition) is 1. The van der Waals surface area contributed by atoms with E-state index in [1.165, 1.54) is 16.6 Å². The molecule has 0 radical (unpaired) electrons. The fraction of sp³-hybridized carbons (Fsp3) is 0. The smallest absolute Gasteiger partial charge is 0.340 e. The van der Waals surface area contributed by atoms with Crippen LogP contribution < -0.4 is 0 Å². The third kappa shape index (κ3) is 1.76. The van der Waals surface area contributed by atoms with E-state index in [1.807, 2.05) is 0 Å². The highest BCUT2D eigenvalue weighted by Gasteiger charge is 2.21. The van der Waals surface area contributed by atoms with Crippen molar-refractivity contribution in [3.8, 4) is 11.3 Å². The number of rotatable bonds is 2. The second kappa shape index (κ2) is 4.20. The van der Waals surface area contributed by atoms with Crippen LogP contribution >= 0.6 is 0 Å². The zero-order valence-corrected chi connectivity index (χ0v) is 9.75. The van der Waals surface area contributed by atoms with Crippen molar-refractivity contribution >= 4 is 11.5 Å². The predicted molar refractivity (Wildman–Crippen MR) is 67.5 cm³/mol. The number of aromatic nitrogens is 2. The summed E-state index contributed by atoms with van der Waals surface area (Å²) in [6.07, 6.45) is 1.63. The number of aromatic carboxylic acids is 1. The Bertz CT molecular complexity index is 780. The van der Waals surface area contributed by atoms with Crippen molar-refractivity contribution in [1.29, 1.82) is 0 Å². The summed E-state index contributed by atoms with van der Waals surface area (Å²) < 4.78 is 15.2. The van der Waals surface area contributed by atoms with E-state index >= 15 is 0 Å². The van der Waals surface area contributed by atoms with Gasteiger partial charge in [0.05, 0.1) is 5.52 Å². The molecular weight excluding hydrogens is 247 g/mol. The third-order valence-corrected chi connectivity index (χ3v) is 2.88. The molecule has 3 aromatic rings. The van der Waals surface area contributed by atoms with Crippen LogP contribution in [0.2, 0.25) is 0 Å². The summed E-state index contributed by atoms with van der Waals surface area (Å²) in [4.78, 5) is 11.4. The fourth-order valence-electron chi connectivity index (χ4n) is 2.05. The maximum absolute atomic E-state index is 13.8. The SMILES string of the molecule is O=C(O)c1c(-c2ccccc2F)nn2ccccc12. The van der Waals surface area contributed by atoms with E-state index in [0.717, 1.165) is 0 Å². The number of nitrogens with zero attached hydrogens (tertiary/aromatic N) is 2. The van der Waals surface area contributed by atoms with Crippen LogP contribution in [0.3, 0.4) is 0 Å². The molecule has 0 aliphatic heterocycles. The molecule has 0 bridgehead atoms. The second-order valence-corrected chi connectivity index (χ2v) is 4.04. The van der Waals surface area contributed by atoms with Crippen molar-refractivity contribution in [2.24, 2.45) is 0 Å². The topological polar surface area (TPSA) is 54.6 Å². The minimum atomic E-state index is -1.13. The van der Waals surface area contributed by atoms with E-state index in [2.05, 4.69) is 5.10 Å². The highest BCUT2D eigenvalue weighted by atomic mass is 19.1. The van der Waals surface area contributed by atoms with Gasteiger partial charge in [-0.3, -0.25) is 0 Å². The highest BCUT2D eigenvalue weighted by Crippen LogP contribution is 2.28. The molecule has 0 spiro atoms. The van der Waals surface area contributed by atoms with Gasteiger partial charge in [0.1, 0.15) is 17.1 Å². The molecule has 4 nitrogen and oxygen atoms in total. The number of carbonyl (C=O) groups is 1. The maximum atomic E-state index is 13.8. The molecule has 2 heterocycles. The summed E-state index contributed by atoms with van der Waals surface area (Å²) in [5.74, 6) is -1.62. The fourth-order valence-corrected chi connectivity index (χ4v) is 2.05. The standard InChI is InChI=1S/C14H9FN2O2/c15-10-6-2-1-5-9(10)13-12(14(18)19)11-7-3-4-8-17(11)16-13/h1-8H,(H,18,19). The van der Waals surface area contributed by atoms with Gasteiger partial charge in [-0.25, -0.2) is 13.7 Å². The predicted octanol–water partition coefficient (Wildman–Crippen LogP) is 2.84. The van der Waals surface area contributed by atoms with Crippen molar-refractivity contribution in [2.45, 2.75) is 0 Å². The summed E-state index contributed by atoms with van der Waals surface area (Å²) in [5.41, 5.74) is 0.763. The van der Waals surface area contributed by atoms with Crippen molar-refractivity contribution in [2.75, 3.05) is 0 Å². The summed E-state index contributed by atoms with van der Waals surface area (Å²) in [6, 6.07) is 11.1. The zero-order chi connectivity index (χ0) is 13.4. The van der Waals surface area contributed by atoms with E-state index < -0.39 is 11.8 Å². The molecule has 0 amide bonds. The monoisotopic (exact) mass is 256 g/mol. The molecule has 1 aromatic carbocycles. The van der Waals surface area contributed by atoms with Gasteiger partial charge in [0.15, 0.2) is 0 Å².